The van der Waals surface area contributed by atoms with Gasteiger partial charge in [0.15, 0.2) is 0 Å². The molecular weight excluding hydrogens is 244 g/mol. The summed E-state index contributed by atoms with van der Waals surface area (Å²) in [6, 6.07) is 11.2. The zero-order chi connectivity index (χ0) is 13.9. The zero-order valence-electron chi connectivity index (χ0n) is 12.5. The van der Waals surface area contributed by atoms with Gasteiger partial charge in [0.1, 0.15) is 0 Å². The normalized spacial score (nSPS) is 24.1. The molecule has 0 radical (unpaired) electrons. The quantitative estimate of drug-likeness (QED) is 0.893. The van der Waals surface area contributed by atoms with Gasteiger partial charge >= 0.3 is 0 Å². The maximum Gasteiger partial charge on any atom is 0.0749 e. The molecule has 1 aliphatic rings. The molecule has 1 aromatic carbocycles. The highest BCUT2D eigenvalue weighted by molar-refractivity contribution is 5.82. The minimum absolute atomic E-state index is 0.448. The van der Waals surface area contributed by atoms with Crippen LogP contribution in [0.4, 0.5) is 0 Å². The van der Waals surface area contributed by atoms with Gasteiger partial charge < -0.3 is 5.32 Å². The third-order valence-corrected chi connectivity index (χ3v) is 4.63. The first-order valence-corrected chi connectivity index (χ1v) is 7.86. The number of hydrogen-bond acceptors (Lipinski definition) is 2. The Balaban J connectivity index is 2.01. The van der Waals surface area contributed by atoms with Crippen molar-refractivity contribution in [3.05, 3.63) is 42.1 Å². The second-order valence-electron chi connectivity index (χ2n) is 6.14. The van der Waals surface area contributed by atoms with Gasteiger partial charge in [-0.25, -0.2) is 0 Å². The molecular formula is C18H24N2. The maximum absolute atomic E-state index is 4.63. The summed E-state index contributed by atoms with van der Waals surface area (Å²) in [5, 5.41) is 4.96. The molecule has 0 saturated heterocycles. The van der Waals surface area contributed by atoms with Crippen molar-refractivity contribution in [1.29, 1.82) is 0 Å². The number of nitrogens with one attached hydrogen (secondary N) is 1. The average molecular weight is 268 g/mol. The first-order chi connectivity index (χ1) is 9.79. The molecule has 2 nitrogen and oxygen atoms in total. The summed E-state index contributed by atoms with van der Waals surface area (Å²) in [4.78, 5) is 4.63. The van der Waals surface area contributed by atoms with Gasteiger partial charge in [-0.2, -0.15) is 0 Å². The number of aromatic nitrogens is 1. The van der Waals surface area contributed by atoms with Crippen molar-refractivity contribution in [2.24, 2.45) is 11.8 Å². The number of hydrogen-bond donors (Lipinski definition) is 1. The number of rotatable bonds is 4. The van der Waals surface area contributed by atoms with Crippen molar-refractivity contribution >= 4 is 10.9 Å². The van der Waals surface area contributed by atoms with E-state index >= 15 is 0 Å². The molecule has 1 aliphatic carbocycles. The van der Waals surface area contributed by atoms with Crippen molar-refractivity contribution < 1.29 is 0 Å². The highest BCUT2D eigenvalue weighted by Gasteiger charge is 2.30. The van der Waals surface area contributed by atoms with E-state index in [1.165, 1.54) is 35.7 Å². The SMILES string of the molecule is CCNC(c1cccc2cccnc12)C1CCC(C)C1. The predicted molar refractivity (Wildman–Crippen MR) is 84.7 cm³/mol. The van der Waals surface area contributed by atoms with Crippen molar-refractivity contribution in [2.75, 3.05) is 6.54 Å². The molecule has 2 aromatic rings. The lowest BCUT2D eigenvalue weighted by Gasteiger charge is -2.26. The number of benzene rings is 1. The summed E-state index contributed by atoms with van der Waals surface area (Å²) in [5.41, 5.74) is 2.55. The molecule has 3 atom stereocenters. The highest BCUT2D eigenvalue weighted by atomic mass is 14.9. The summed E-state index contributed by atoms with van der Waals surface area (Å²) in [5.74, 6) is 1.61. The van der Waals surface area contributed by atoms with Crippen molar-refractivity contribution in [3.63, 3.8) is 0 Å². The van der Waals surface area contributed by atoms with E-state index in [0.717, 1.165) is 18.4 Å². The van der Waals surface area contributed by atoms with E-state index in [9.17, 15) is 0 Å². The Hall–Kier alpha value is -1.41. The summed E-state index contributed by atoms with van der Waals surface area (Å²) >= 11 is 0. The van der Waals surface area contributed by atoms with Gasteiger partial charge in [0.2, 0.25) is 0 Å². The van der Waals surface area contributed by atoms with Crippen LogP contribution in [0, 0.1) is 11.8 Å². The molecule has 0 aliphatic heterocycles. The lowest BCUT2D eigenvalue weighted by molar-refractivity contribution is 0.366. The Bertz CT molecular complexity index is 573. The number of fused-ring (bicyclic) bond motifs is 1. The Morgan fingerprint density at radius 3 is 2.85 bits per heavy atom. The maximum atomic E-state index is 4.63. The Morgan fingerprint density at radius 2 is 2.10 bits per heavy atom. The molecule has 20 heavy (non-hydrogen) atoms. The number of nitrogens with zero attached hydrogens (tertiary/aromatic N) is 1. The van der Waals surface area contributed by atoms with E-state index in [0.29, 0.717) is 6.04 Å². The minimum atomic E-state index is 0.448. The van der Waals surface area contributed by atoms with Crippen molar-refractivity contribution in [3.8, 4) is 0 Å². The second-order valence-corrected chi connectivity index (χ2v) is 6.14. The fourth-order valence-electron chi connectivity index (χ4n) is 3.68. The molecule has 1 fully saturated rings. The van der Waals surface area contributed by atoms with Crippen LogP contribution in [0.25, 0.3) is 10.9 Å². The van der Waals surface area contributed by atoms with E-state index in [-0.39, 0.29) is 0 Å². The molecule has 1 heterocycles. The molecule has 0 spiro atoms. The lowest BCUT2D eigenvalue weighted by atomic mass is 9.89. The van der Waals surface area contributed by atoms with Crippen molar-refractivity contribution in [2.45, 2.75) is 39.2 Å². The molecule has 1 aromatic heterocycles. The summed E-state index contributed by atoms with van der Waals surface area (Å²) in [6.07, 6.45) is 5.94. The third-order valence-electron chi connectivity index (χ3n) is 4.63. The van der Waals surface area contributed by atoms with E-state index in [1.54, 1.807) is 0 Å². The number of para-hydroxylation sites is 1. The first-order valence-electron chi connectivity index (χ1n) is 7.86. The molecule has 2 heteroatoms. The molecule has 1 N–H and O–H groups in total. The molecule has 106 valence electrons. The Morgan fingerprint density at radius 1 is 1.25 bits per heavy atom. The van der Waals surface area contributed by atoms with Crippen LogP contribution in [0.15, 0.2) is 36.5 Å². The van der Waals surface area contributed by atoms with E-state index in [1.807, 2.05) is 12.3 Å². The van der Waals surface area contributed by atoms with Crippen LogP contribution in [0.3, 0.4) is 0 Å². The van der Waals surface area contributed by atoms with Crippen LogP contribution >= 0.6 is 0 Å². The Labute approximate surface area is 121 Å². The van der Waals surface area contributed by atoms with Crippen LogP contribution in [-0.2, 0) is 0 Å². The molecule has 0 amide bonds. The third kappa shape index (κ3) is 2.57. The van der Waals surface area contributed by atoms with Crippen LogP contribution in [0.5, 0.6) is 0 Å². The summed E-state index contributed by atoms with van der Waals surface area (Å²) in [6.45, 7) is 5.59. The van der Waals surface area contributed by atoms with Gasteiger partial charge in [-0.15, -0.1) is 0 Å². The summed E-state index contributed by atoms with van der Waals surface area (Å²) < 4.78 is 0. The minimum Gasteiger partial charge on any atom is -0.310 e. The van der Waals surface area contributed by atoms with Crippen LogP contribution in [0.2, 0.25) is 0 Å². The highest BCUT2D eigenvalue weighted by Crippen LogP contribution is 2.40. The molecule has 1 saturated carbocycles. The van der Waals surface area contributed by atoms with Gasteiger partial charge in [0.25, 0.3) is 0 Å². The van der Waals surface area contributed by atoms with Gasteiger partial charge in [-0.05, 0) is 42.9 Å². The van der Waals surface area contributed by atoms with Crippen LogP contribution < -0.4 is 5.32 Å². The molecule has 3 unspecified atom stereocenters. The topological polar surface area (TPSA) is 24.9 Å². The largest absolute Gasteiger partial charge is 0.310 e. The smallest absolute Gasteiger partial charge is 0.0749 e. The second kappa shape index (κ2) is 5.92. The van der Waals surface area contributed by atoms with E-state index in [2.05, 4.69) is 48.4 Å². The fourth-order valence-corrected chi connectivity index (χ4v) is 3.68. The monoisotopic (exact) mass is 268 g/mol. The average Bonchev–Trinajstić information content (AvgIpc) is 2.91. The van der Waals surface area contributed by atoms with Gasteiger partial charge in [0.05, 0.1) is 5.52 Å². The van der Waals surface area contributed by atoms with Crippen LogP contribution in [0.1, 0.15) is 44.7 Å². The molecule has 0 bridgehead atoms. The first kappa shape index (κ1) is 13.6. The Kier molecular flexibility index (Phi) is 4.02. The van der Waals surface area contributed by atoms with E-state index in [4.69, 9.17) is 0 Å². The standard InChI is InChI=1S/C18H24N2/c1-3-19-18(15-10-9-13(2)12-15)16-8-4-6-14-7-5-11-20-17(14)16/h4-8,11,13,15,18-19H,3,9-10,12H2,1-2H3. The van der Waals surface area contributed by atoms with Gasteiger partial charge in [-0.1, -0.05) is 44.5 Å². The number of pyridine rings is 1. The zero-order valence-corrected chi connectivity index (χ0v) is 12.5. The van der Waals surface area contributed by atoms with Gasteiger partial charge in [-0.3, -0.25) is 4.98 Å². The molecule has 3 rings (SSSR count). The van der Waals surface area contributed by atoms with Crippen LogP contribution in [-0.4, -0.2) is 11.5 Å². The predicted octanol–water partition coefficient (Wildman–Crippen LogP) is 4.32. The fraction of sp³-hybridized carbons (Fsp3) is 0.500. The van der Waals surface area contributed by atoms with Crippen molar-refractivity contribution in [1.82, 2.24) is 10.3 Å². The van der Waals surface area contributed by atoms with Gasteiger partial charge in [0, 0.05) is 17.6 Å². The summed E-state index contributed by atoms with van der Waals surface area (Å²) in [7, 11) is 0. The lowest BCUT2D eigenvalue weighted by Crippen LogP contribution is -2.27. The van der Waals surface area contributed by atoms with E-state index < -0.39 is 0 Å².